The van der Waals surface area contributed by atoms with E-state index < -0.39 is 22.9 Å². The smallest absolute Gasteiger partial charge is 0.368 e. The zero-order chi connectivity index (χ0) is 17.3. The predicted octanol–water partition coefficient (Wildman–Crippen LogP) is 3.07. The molecule has 9 heteroatoms. The molecule has 0 spiro atoms. The number of thioether (sulfide) groups is 1. The summed E-state index contributed by atoms with van der Waals surface area (Å²) in [6.07, 6.45) is -3.58. The van der Waals surface area contributed by atoms with Crippen LogP contribution in [0.2, 0.25) is 0 Å². The van der Waals surface area contributed by atoms with Gasteiger partial charge in [-0.3, -0.25) is 9.20 Å². The number of halogens is 3. The van der Waals surface area contributed by atoms with Crippen LogP contribution in [-0.2, 0) is 11.0 Å². The van der Waals surface area contributed by atoms with Gasteiger partial charge in [-0.2, -0.15) is 13.2 Å². The molecule has 3 aromatic rings. The Bertz CT molecular complexity index is 879. The van der Waals surface area contributed by atoms with Crippen LogP contribution in [0.25, 0.3) is 5.65 Å². The number of benzene rings is 1. The van der Waals surface area contributed by atoms with Gasteiger partial charge in [-0.25, -0.2) is 0 Å². The SMILES string of the molecule is NC(=O)C(Sc1nnc2ccc(C(F)(F)F)cn12)c1ccccc1. The molecule has 0 saturated carbocycles. The lowest BCUT2D eigenvalue weighted by atomic mass is 10.1. The third-order valence-corrected chi connectivity index (χ3v) is 4.51. The van der Waals surface area contributed by atoms with Gasteiger partial charge >= 0.3 is 6.18 Å². The lowest BCUT2D eigenvalue weighted by Crippen LogP contribution is -2.19. The quantitative estimate of drug-likeness (QED) is 0.733. The molecule has 2 aromatic heterocycles. The van der Waals surface area contributed by atoms with Gasteiger partial charge in [0.2, 0.25) is 5.91 Å². The first-order valence-corrected chi connectivity index (χ1v) is 7.67. The highest BCUT2D eigenvalue weighted by Gasteiger charge is 2.31. The molecule has 1 amide bonds. The molecule has 0 aliphatic carbocycles. The second-order valence-corrected chi connectivity index (χ2v) is 6.01. The van der Waals surface area contributed by atoms with E-state index in [1.54, 1.807) is 30.3 Å². The molecule has 124 valence electrons. The lowest BCUT2D eigenvalue weighted by Gasteiger charge is -2.12. The maximum absolute atomic E-state index is 12.9. The molecule has 0 saturated heterocycles. The van der Waals surface area contributed by atoms with Gasteiger partial charge in [-0.1, -0.05) is 42.1 Å². The van der Waals surface area contributed by atoms with Crippen molar-refractivity contribution in [1.82, 2.24) is 14.6 Å². The molecule has 1 atom stereocenters. The van der Waals surface area contributed by atoms with Gasteiger partial charge in [0.1, 0.15) is 5.25 Å². The minimum Gasteiger partial charge on any atom is -0.368 e. The molecule has 0 bridgehead atoms. The van der Waals surface area contributed by atoms with Gasteiger partial charge in [-0.15, -0.1) is 10.2 Å². The fourth-order valence-corrected chi connectivity index (χ4v) is 3.11. The highest BCUT2D eigenvalue weighted by Crippen LogP contribution is 2.35. The Morgan fingerprint density at radius 3 is 2.46 bits per heavy atom. The van der Waals surface area contributed by atoms with Crippen LogP contribution in [0.1, 0.15) is 16.4 Å². The fourth-order valence-electron chi connectivity index (χ4n) is 2.14. The van der Waals surface area contributed by atoms with E-state index in [0.717, 1.165) is 24.0 Å². The van der Waals surface area contributed by atoms with Crippen LogP contribution >= 0.6 is 11.8 Å². The number of carbonyl (C=O) groups excluding carboxylic acids is 1. The maximum Gasteiger partial charge on any atom is 0.417 e. The highest BCUT2D eigenvalue weighted by molar-refractivity contribution is 8.00. The molecule has 2 N–H and O–H groups in total. The van der Waals surface area contributed by atoms with Crippen LogP contribution < -0.4 is 5.73 Å². The minimum absolute atomic E-state index is 0.156. The zero-order valence-electron chi connectivity index (χ0n) is 12.1. The van der Waals surface area contributed by atoms with Gasteiger partial charge in [0.15, 0.2) is 10.8 Å². The number of nitrogens with two attached hydrogens (primary N) is 1. The predicted molar refractivity (Wildman–Crippen MR) is 82.2 cm³/mol. The summed E-state index contributed by atoms with van der Waals surface area (Å²) in [4.78, 5) is 11.8. The van der Waals surface area contributed by atoms with Crippen LogP contribution in [0.3, 0.4) is 0 Å². The first kappa shape index (κ1) is 16.3. The van der Waals surface area contributed by atoms with Gasteiger partial charge < -0.3 is 5.73 Å². The molecule has 5 nitrogen and oxygen atoms in total. The van der Waals surface area contributed by atoms with Crippen molar-refractivity contribution >= 4 is 23.3 Å². The number of hydrogen-bond acceptors (Lipinski definition) is 4. The summed E-state index contributed by atoms with van der Waals surface area (Å²) in [5, 5.41) is 7.06. The number of aromatic nitrogens is 3. The molecule has 0 radical (unpaired) electrons. The zero-order valence-corrected chi connectivity index (χ0v) is 12.9. The van der Waals surface area contributed by atoms with E-state index in [1.165, 1.54) is 10.5 Å². The number of primary amides is 1. The number of amides is 1. The average Bonchev–Trinajstić information content (AvgIpc) is 2.94. The summed E-state index contributed by atoms with van der Waals surface area (Å²) in [6, 6.07) is 10.9. The van der Waals surface area contributed by atoms with Crippen LogP contribution in [0.5, 0.6) is 0 Å². The third kappa shape index (κ3) is 3.21. The summed E-state index contributed by atoms with van der Waals surface area (Å²) in [5.74, 6) is -0.616. The van der Waals surface area contributed by atoms with Crippen molar-refractivity contribution in [2.45, 2.75) is 16.6 Å². The Labute approximate surface area is 138 Å². The lowest BCUT2D eigenvalue weighted by molar-refractivity contribution is -0.137. The van der Waals surface area contributed by atoms with Crippen molar-refractivity contribution in [3.05, 3.63) is 59.8 Å². The summed E-state index contributed by atoms with van der Waals surface area (Å²) in [6.45, 7) is 0. The van der Waals surface area contributed by atoms with E-state index in [2.05, 4.69) is 10.2 Å². The number of alkyl halides is 3. The van der Waals surface area contributed by atoms with Crippen LogP contribution in [0, 0.1) is 0 Å². The summed E-state index contributed by atoms with van der Waals surface area (Å²) in [5.41, 5.74) is 5.49. The van der Waals surface area contributed by atoms with Gasteiger partial charge in [0.05, 0.1) is 5.56 Å². The molecule has 1 aromatic carbocycles. The van der Waals surface area contributed by atoms with Crippen molar-refractivity contribution in [3.63, 3.8) is 0 Å². The number of rotatable bonds is 4. The monoisotopic (exact) mass is 352 g/mol. The average molecular weight is 352 g/mol. The van der Waals surface area contributed by atoms with Crippen molar-refractivity contribution in [1.29, 1.82) is 0 Å². The largest absolute Gasteiger partial charge is 0.417 e. The van der Waals surface area contributed by atoms with Crippen LogP contribution in [-0.4, -0.2) is 20.5 Å². The van der Waals surface area contributed by atoms with Crippen LogP contribution in [0.4, 0.5) is 13.2 Å². The van der Waals surface area contributed by atoms with Crippen molar-refractivity contribution < 1.29 is 18.0 Å². The Morgan fingerprint density at radius 1 is 1.12 bits per heavy atom. The van der Waals surface area contributed by atoms with E-state index >= 15 is 0 Å². The van der Waals surface area contributed by atoms with E-state index in [0.29, 0.717) is 5.56 Å². The number of hydrogen-bond donors (Lipinski definition) is 1. The minimum atomic E-state index is -4.48. The Hall–Kier alpha value is -2.55. The number of carbonyl (C=O) groups is 1. The summed E-state index contributed by atoms with van der Waals surface area (Å²) in [7, 11) is 0. The maximum atomic E-state index is 12.9. The Balaban J connectivity index is 2.01. The molecular weight excluding hydrogens is 341 g/mol. The van der Waals surface area contributed by atoms with E-state index in [9.17, 15) is 18.0 Å². The second-order valence-electron chi connectivity index (χ2n) is 4.94. The van der Waals surface area contributed by atoms with Gasteiger partial charge in [0.25, 0.3) is 0 Å². The first-order valence-electron chi connectivity index (χ1n) is 6.79. The second kappa shape index (κ2) is 6.16. The molecule has 0 aliphatic heterocycles. The Kier molecular flexibility index (Phi) is 4.18. The number of fused-ring (bicyclic) bond motifs is 1. The standard InChI is InChI=1S/C15H11F3N4OS/c16-15(17,18)10-6-7-11-20-21-14(22(11)8-10)24-12(13(19)23)9-4-2-1-3-5-9/h1-8,12H,(H2,19,23). The molecule has 3 rings (SSSR count). The number of pyridine rings is 1. The van der Waals surface area contributed by atoms with E-state index in [-0.39, 0.29) is 10.8 Å². The molecular formula is C15H11F3N4OS. The molecule has 1 unspecified atom stereocenters. The molecule has 0 aliphatic rings. The van der Waals surface area contributed by atoms with E-state index in [4.69, 9.17) is 5.73 Å². The number of nitrogens with zero attached hydrogens (tertiary/aromatic N) is 3. The van der Waals surface area contributed by atoms with Crippen LogP contribution in [0.15, 0.2) is 53.8 Å². The summed E-state index contributed by atoms with van der Waals surface area (Å²) < 4.78 is 39.8. The van der Waals surface area contributed by atoms with E-state index in [1.807, 2.05) is 0 Å². The first-order chi connectivity index (χ1) is 11.4. The molecule has 24 heavy (non-hydrogen) atoms. The topological polar surface area (TPSA) is 73.3 Å². The van der Waals surface area contributed by atoms with Gasteiger partial charge in [0, 0.05) is 6.20 Å². The van der Waals surface area contributed by atoms with Crippen molar-refractivity contribution in [2.75, 3.05) is 0 Å². The highest BCUT2D eigenvalue weighted by atomic mass is 32.2. The third-order valence-electron chi connectivity index (χ3n) is 3.28. The normalized spacial score (nSPS) is 13.1. The molecule has 2 heterocycles. The van der Waals surface area contributed by atoms with Crippen molar-refractivity contribution in [3.8, 4) is 0 Å². The summed E-state index contributed by atoms with van der Waals surface area (Å²) >= 11 is 0.953. The van der Waals surface area contributed by atoms with Gasteiger partial charge in [-0.05, 0) is 17.7 Å². The Morgan fingerprint density at radius 2 is 1.83 bits per heavy atom. The van der Waals surface area contributed by atoms with Crippen molar-refractivity contribution in [2.24, 2.45) is 5.73 Å². The fraction of sp³-hybridized carbons (Fsp3) is 0.133. The molecule has 0 fully saturated rings.